The van der Waals surface area contributed by atoms with Gasteiger partial charge in [-0.25, -0.2) is 0 Å². The third-order valence-electron chi connectivity index (χ3n) is 4.43. The van der Waals surface area contributed by atoms with Gasteiger partial charge >= 0.3 is 0 Å². The summed E-state index contributed by atoms with van der Waals surface area (Å²) in [6, 6.07) is 24.9. The molecule has 0 bridgehead atoms. The van der Waals surface area contributed by atoms with Gasteiger partial charge < -0.3 is 14.8 Å². The van der Waals surface area contributed by atoms with Crippen LogP contribution in [0.2, 0.25) is 0 Å². The van der Waals surface area contributed by atoms with Gasteiger partial charge in [0.1, 0.15) is 6.61 Å². The summed E-state index contributed by atoms with van der Waals surface area (Å²) in [7, 11) is 1.67. The predicted octanol–water partition coefficient (Wildman–Crippen LogP) is 5.89. The summed E-state index contributed by atoms with van der Waals surface area (Å²) < 4.78 is 12.5. The van der Waals surface area contributed by atoms with E-state index in [4.69, 9.17) is 9.47 Å². The number of ether oxygens (including phenoxy) is 2. The van der Waals surface area contributed by atoms with E-state index in [9.17, 15) is 0 Å². The van der Waals surface area contributed by atoms with Gasteiger partial charge in [0.15, 0.2) is 11.5 Å². The minimum Gasteiger partial charge on any atom is -0.493 e. The van der Waals surface area contributed by atoms with Gasteiger partial charge in [0.25, 0.3) is 0 Å². The number of benzene rings is 3. The van der Waals surface area contributed by atoms with E-state index in [-0.39, 0.29) is 6.04 Å². The van der Waals surface area contributed by atoms with Crippen molar-refractivity contribution in [2.45, 2.75) is 26.1 Å². The number of hydrogen-bond acceptors (Lipinski definition) is 3. The largest absolute Gasteiger partial charge is 0.493 e. The van der Waals surface area contributed by atoms with Crippen molar-refractivity contribution in [3.8, 4) is 11.5 Å². The van der Waals surface area contributed by atoms with Gasteiger partial charge in [0, 0.05) is 12.6 Å². The zero-order valence-electron chi connectivity index (χ0n) is 15.6. The quantitative estimate of drug-likeness (QED) is 0.488. The Hall–Kier alpha value is -2.30. The summed E-state index contributed by atoms with van der Waals surface area (Å²) in [6.45, 7) is 3.40. The van der Waals surface area contributed by atoms with Crippen molar-refractivity contribution in [3.05, 3.63) is 94.0 Å². The molecule has 0 saturated carbocycles. The number of nitrogens with one attached hydrogen (secondary N) is 1. The summed E-state index contributed by atoms with van der Waals surface area (Å²) in [5.41, 5.74) is 3.52. The molecule has 3 nitrogen and oxygen atoms in total. The first-order valence-corrected chi connectivity index (χ1v) is 9.78. The van der Waals surface area contributed by atoms with Crippen LogP contribution < -0.4 is 14.8 Å². The van der Waals surface area contributed by atoms with Crippen molar-refractivity contribution in [3.63, 3.8) is 0 Å². The zero-order chi connectivity index (χ0) is 19.1. The van der Waals surface area contributed by atoms with Gasteiger partial charge in [-0.1, -0.05) is 60.7 Å². The molecule has 0 fully saturated rings. The maximum absolute atomic E-state index is 6.00. The Morgan fingerprint density at radius 3 is 2.26 bits per heavy atom. The van der Waals surface area contributed by atoms with Crippen LogP contribution in [0.3, 0.4) is 0 Å². The number of hydrogen-bond donors (Lipinski definition) is 1. The maximum Gasteiger partial charge on any atom is 0.175 e. The Morgan fingerprint density at radius 1 is 0.926 bits per heavy atom. The lowest BCUT2D eigenvalue weighted by Gasteiger charge is -2.17. The first-order chi connectivity index (χ1) is 13.2. The highest BCUT2D eigenvalue weighted by molar-refractivity contribution is 9.10. The number of halogens is 1. The predicted molar refractivity (Wildman–Crippen MR) is 113 cm³/mol. The Kier molecular flexibility index (Phi) is 6.91. The Balaban J connectivity index is 1.68. The molecular weight excluding hydrogens is 402 g/mol. The molecule has 0 aromatic heterocycles. The highest BCUT2D eigenvalue weighted by Gasteiger charge is 2.13. The number of rotatable bonds is 8. The third-order valence-corrected chi connectivity index (χ3v) is 5.02. The normalized spacial score (nSPS) is 11.8. The van der Waals surface area contributed by atoms with E-state index in [1.54, 1.807) is 7.11 Å². The summed E-state index contributed by atoms with van der Waals surface area (Å²) in [6.07, 6.45) is 0. The van der Waals surface area contributed by atoms with Crippen molar-refractivity contribution in [2.24, 2.45) is 0 Å². The van der Waals surface area contributed by atoms with E-state index in [1.807, 2.05) is 42.5 Å². The van der Waals surface area contributed by atoms with E-state index in [1.165, 1.54) is 5.56 Å². The first kappa shape index (κ1) is 19.5. The highest BCUT2D eigenvalue weighted by atomic mass is 79.9. The molecule has 1 atom stereocenters. The molecule has 0 aliphatic heterocycles. The average Bonchev–Trinajstić information content (AvgIpc) is 2.72. The maximum atomic E-state index is 6.00. The molecular formula is C23H24BrNO2. The van der Waals surface area contributed by atoms with Crippen LogP contribution >= 0.6 is 15.9 Å². The summed E-state index contributed by atoms with van der Waals surface area (Å²) in [4.78, 5) is 0. The molecule has 3 aromatic carbocycles. The first-order valence-electron chi connectivity index (χ1n) is 8.99. The fourth-order valence-corrected chi connectivity index (χ4v) is 3.48. The molecule has 140 valence electrons. The van der Waals surface area contributed by atoms with Crippen LogP contribution in [-0.2, 0) is 13.2 Å². The third kappa shape index (κ3) is 5.34. The molecule has 4 heteroatoms. The molecule has 0 amide bonds. The Labute approximate surface area is 169 Å². The summed E-state index contributed by atoms with van der Waals surface area (Å²) >= 11 is 3.63. The molecule has 3 aromatic rings. The molecule has 0 saturated heterocycles. The lowest BCUT2D eigenvalue weighted by Crippen LogP contribution is -2.18. The Morgan fingerprint density at radius 2 is 1.59 bits per heavy atom. The second-order valence-corrected chi connectivity index (χ2v) is 7.25. The highest BCUT2D eigenvalue weighted by Crippen LogP contribution is 2.37. The smallest absolute Gasteiger partial charge is 0.175 e. The lowest BCUT2D eigenvalue weighted by molar-refractivity contribution is 0.282. The lowest BCUT2D eigenvalue weighted by atomic mass is 10.1. The molecule has 1 N–H and O–H groups in total. The van der Waals surface area contributed by atoms with Gasteiger partial charge in [0.05, 0.1) is 11.6 Å². The minimum atomic E-state index is 0.268. The summed E-state index contributed by atoms with van der Waals surface area (Å²) in [5, 5.41) is 3.55. The van der Waals surface area contributed by atoms with Gasteiger partial charge in [-0.05, 0) is 51.7 Å². The van der Waals surface area contributed by atoms with E-state index < -0.39 is 0 Å². The molecule has 27 heavy (non-hydrogen) atoms. The van der Waals surface area contributed by atoms with E-state index in [2.05, 4.69) is 58.5 Å². The van der Waals surface area contributed by atoms with Gasteiger partial charge in [-0.2, -0.15) is 0 Å². The van der Waals surface area contributed by atoms with Gasteiger partial charge in [-0.3, -0.25) is 0 Å². The van der Waals surface area contributed by atoms with Crippen LogP contribution in [0.25, 0.3) is 0 Å². The zero-order valence-corrected chi connectivity index (χ0v) is 17.2. The van der Waals surface area contributed by atoms with Crippen molar-refractivity contribution in [1.82, 2.24) is 5.32 Å². The second kappa shape index (κ2) is 9.58. The fraction of sp³-hybridized carbons (Fsp3) is 0.217. The second-order valence-electron chi connectivity index (χ2n) is 6.40. The van der Waals surface area contributed by atoms with Crippen LogP contribution in [0.1, 0.15) is 29.7 Å². The molecule has 3 rings (SSSR count). The van der Waals surface area contributed by atoms with Crippen LogP contribution in [-0.4, -0.2) is 7.11 Å². The SMILES string of the molecule is COc1cc(CN[C@@H](C)c2ccccc2)cc(Br)c1OCc1ccccc1. The van der Waals surface area contributed by atoms with Crippen molar-refractivity contribution >= 4 is 15.9 Å². The van der Waals surface area contributed by atoms with Crippen LogP contribution in [0.15, 0.2) is 77.3 Å². The van der Waals surface area contributed by atoms with Crippen LogP contribution in [0, 0.1) is 0 Å². The standard InChI is InChI=1S/C23H24BrNO2/c1-17(20-11-7-4-8-12-20)25-15-19-13-21(24)23(22(14-19)26-2)27-16-18-9-5-3-6-10-18/h3-14,17,25H,15-16H2,1-2H3/t17-/m0/s1. The van der Waals surface area contributed by atoms with Crippen molar-refractivity contribution < 1.29 is 9.47 Å². The van der Waals surface area contributed by atoms with E-state index >= 15 is 0 Å². The molecule has 0 spiro atoms. The number of methoxy groups -OCH3 is 1. The van der Waals surface area contributed by atoms with Crippen molar-refractivity contribution in [1.29, 1.82) is 0 Å². The minimum absolute atomic E-state index is 0.268. The van der Waals surface area contributed by atoms with E-state index in [0.29, 0.717) is 6.61 Å². The van der Waals surface area contributed by atoms with E-state index in [0.717, 1.165) is 33.6 Å². The van der Waals surface area contributed by atoms with Crippen molar-refractivity contribution in [2.75, 3.05) is 7.11 Å². The molecule has 0 unspecified atom stereocenters. The molecule has 0 aliphatic carbocycles. The topological polar surface area (TPSA) is 30.5 Å². The summed E-state index contributed by atoms with van der Waals surface area (Å²) in [5.74, 6) is 1.45. The van der Waals surface area contributed by atoms with Gasteiger partial charge in [-0.15, -0.1) is 0 Å². The monoisotopic (exact) mass is 425 g/mol. The molecule has 0 heterocycles. The van der Waals surface area contributed by atoms with Gasteiger partial charge in [0.2, 0.25) is 0 Å². The molecule has 0 aliphatic rings. The fourth-order valence-electron chi connectivity index (χ4n) is 2.88. The Bertz CT molecular complexity index is 853. The van der Waals surface area contributed by atoms with Crippen LogP contribution in [0.5, 0.6) is 11.5 Å². The molecule has 0 radical (unpaired) electrons. The van der Waals surface area contributed by atoms with Crippen LogP contribution in [0.4, 0.5) is 0 Å². The average molecular weight is 426 g/mol.